The lowest BCUT2D eigenvalue weighted by Gasteiger charge is -2.42. The molecular formula is C28H27F2N5O. The van der Waals surface area contributed by atoms with E-state index in [4.69, 9.17) is 4.99 Å². The molecule has 8 heteroatoms. The molecule has 1 unspecified atom stereocenters. The van der Waals surface area contributed by atoms with Crippen molar-refractivity contribution in [2.24, 2.45) is 4.99 Å². The number of hydrogen-bond donors (Lipinski definition) is 0. The lowest BCUT2D eigenvalue weighted by Crippen LogP contribution is -2.57. The van der Waals surface area contributed by atoms with Gasteiger partial charge >= 0.3 is 0 Å². The Balaban J connectivity index is 1.71. The molecule has 3 aromatic rings. The molecule has 1 saturated heterocycles. The van der Waals surface area contributed by atoms with Crippen LogP contribution in [0.2, 0.25) is 0 Å². The van der Waals surface area contributed by atoms with E-state index in [9.17, 15) is 13.6 Å². The molecule has 2 aliphatic heterocycles. The van der Waals surface area contributed by atoms with E-state index in [1.165, 1.54) is 24.3 Å². The molecule has 0 bridgehead atoms. The molecule has 5 rings (SSSR count). The molecule has 6 nitrogen and oxygen atoms in total. The number of likely N-dealkylation sites (N-methyl/N-ethyl adjacent to an activating group) is 1. The molecule has 2 aliphatic rings. The first kappa shape index (κ1) is 23.7. The number of aromatic nitrogens is 2. The highest BCUT2D eigenvalue weighted by Crippen LogP contribution is 2.35. The predicted octanol–water partition coefficient (Wildman–Crippen LogP) is 5.85. The Kier molecular flexibility index (Phi) is 6.26. The van der Waals surface area contributed by atoms with E-state index < -0.39 is 6.04 Å². The highest BCUT2D eigenvalue weighted by molar-refractivity contribution is 6.19. The van der Waals surface area contributed by atoms with Gasteiger partial charge in [-0.2, -0.15) is 0 Å². The SMILES string of the molecule is CCC1=C(n2ccnc2-c2ccc(F)cc2)N=C2C(=CC1)N(C)C(=O)C(CC)N2c1ccc(F)cc1. The number of imidazole rings is 1. The predicted molar refractivity (Wildman–Crippen MR) is 137 cm³/mol. The zero-order valence-corrected chi connectivity index (χ0v) is 20.4. The van der Waals surface area contributed by atoms with Gasteiger partial charge in [0.25, 0.3) is 0 Å². The number of amidine groups is 1. The first-order chi connectivity index (χ1) is 17.4. The average Bonchev–Trinajstić information content (AvgIpc) is 3.29. The van der Waals surface area contributed by atoms with Crippen molar-refractivity contribution < 1.29 is 13.6 Å². The zero-order chi connectivity index (χ0) is 25.4. The van der Waals surface area contributed by atoms with Crippen LogP contribution in [0.4, 0.5) is 14.5 Å². The minimum Gasteiger partial charge on any atom is -0.312 e. The third kappa shape index (κ3) is 4.02. The van der Waals surface area contributed by atoms with Gasteiger partial charge in [-0.1, -0.05) is 19.9 Å². The third-order valence-corrected chi connectivity index (χ3v) is 6.71. The Hall–Kier alpha value is -4.07. The van der Waals surface area contributed by atoms with E-state index in [1.54, 1.807) is 42.4 Å². The molecule has 0 radical (unpaired) electrons. The number of aliphatic imine (C=N–C) groups is 1. The van der Waals surface area contributed by atoms with Gasteiger partial charge in [0.2, 0.25) is 5.91 Å². The summed E-state index contributed by atoms with van der Waals surface area (Å²) in [6.45, 7) is 4.02. The van der Waals surface area contributed by atoms with Gasteiger partial charge in [-0.15, -0.1) is 0 Å². The Morgan fingerprint density at radius 3 is 2.31 bits per heavy atom. The Bertz CT molecular complexity index is 1390. The lowest BCUT2D eigenvalue weighted by atomic mass is 10.0. The van der Waals surface area contributed by atoms with Crippen LogP contribution >= 0.6 is 0 Å². The molecule has 1 amide bonds. The number of rotatable bonds is 5. The number of hydrogen-bond acceptors (Lipinski definition) is 4. The van der Waals surface area contributed by atoms with Crippen LogP contribution in [0.3, 0.4) is 0 Å². The summed E-state index contributed by atoms with van der Waals surface area (Å²) in [5.41, 5.74) is 3.23. The number of piperazine rings is 1. The second-order valence-electron chi connectivity index (χ2n) is 8.81. The number of allylic oxidation sites excluding steroid dienone is 2. The maximum atomic E-state index is 13.8. The molecule has 0 spiro atoms. The first-order valence-electron chi connectivity index (χ1n) is 12.1. The quantitative estimate of drug-likeness (QED) is 0.454. The van der Waals surface area contributed by atoms with Gasteiger partial charge in [0.15, 0.2) is 5.84 Å². The van der Waals surface area contributed by atoms with Gasteiger partial charge in [-0.25, -0.2) is 18.8 Å². The molecule has 1 atom stereocenters. The van der Waals surface area contributed by atoms with Gasteiger partial charge < -0.3 is 9.80 Å². The van der Waals surface area contributed by atoms with Crippen LogP contribution in [-0.2, 0) is 4.79 Å². The fraction of sp³-hybridized carbons (Fsp3) is 0.250. The number of carbonyl (C=O) groups is 1. The van der Waals surface area contributed by atoms with E-state index in [0.29, 0.717) is 41.7 Å². The van der Waals surface area contributed by atoms with Crippen molar-refractivity contribution in [1.82, 2.24) is 14.5 Å². The number of halogens is 2. The number of fused-ring (bicyclic) bond motifs is 1. The topological polar surface area (TPSA) is 53.7 Å². The molecule has 184 valence electrons. The largest absolute Gasteiger partial charge is 0.312 e. The maximum Gasteiger partial charge on any atom is 0.249 e. The van der Waals surface area contributed by atoms with Crippen molar-refractivity contribution in [3.8, 4) is 11.4 Å². The van der Waals surface area contributed by atoms with E-state index in [0.717, 1.165) is 17.6 Å². The lowest BCUT2D eigenvalue weighted by molar-refractivity contribution is -0.129. The minimum absolute atomic E-state index is 0.0387. The Labute approximate surface area is 208 Å². The molecule has 0 aliphatic carbocycles. The molecule has 1 fully saturated rings. The highest BCUT2D eigenvalue weighted by Gasteiger charge is 2.40. The summed E-state index contributed by atoms with van der Waals surface area (Å²) >= 11 is 0. The average molecular weight is 488 g/mol. The van der Waals surface area contributed by atoms with Gasteiger partial charge in [0, 0.05) is 30.7 Å². The summed E-state index contributed by atoms with van der Waals surface area (Å²) in [7, 11) is 1.77. The number of amides is 1. The number of benzene rings is 2. The second-order valence-corrected chi connectivity index (χ2v) is 8.81. The van der Waals surface area contributed by atoms with Crippen molar-refractivity contribution >= 4 is 23.3 Å². The van der Waals surface area contributed by atoms with E-state index in [2.05, 4.69) is 11.9 Å². The Morgan fingerprint density at radius 2 is 1.67 bits per heavy atom. The summed E-state index contributed by atoms with van der Waals surface area (Å²) in [6.07, 6.45) is 7.46. The summed E-state index contributed by atoms with van der Waals surface area (Å²) in [5.74, 6) is 1.27. The van der Waals surface area contributed by atoms with Gasteiger partial charge in [-0.05, 0) is 73.4 Å². The fourth-order valence-corrected chi connectivity index (χ4v) is 4.78. The van der Waals surface area contributed by atoms with Crippen molar-refractivity contribution in [3.05, 3.63) is 89.9 Å². The number of carbonyl (C=O) groups excluding carboxylic acids is 1. The van der Waals surface area contributed by atoms with Gasteiger partial charge in [0.1, 0.15) is 29.3 Å². The molecule has 3 heterocycles. The van der Waals surface area contributed by atoms with Crippen molar-refractivity contribution in [3.63, 3.8) is 0 Å². The van der Waals surface area contributed by atoms with Gasteiger partial charge in [0.05, 0.1) is 5.70 Å². The van der Waals surface area contributed by atoms with Crippen LogP contribution in [0.5, 0.6) is 0 Å². The normalized spacial score (nSPS) is 18.1. The third-order valence-electron chi connectivity index (χ3n) is 6.71. The fourth-order valence-electron chi connectivity index (χ4n) is 4.78. The molecule has 0 N–H and O–H groups in total. The molecule has 1 aromatic heterocycles. The first-order valence-corrected chi connectivity index (χ1v) is 12.1. The van der Waals surface area contributed by atoms with Crippen LogP contribution in [0.1, 0.15) is 33.1 Å². The van der Waals surface area contributed by atoms with Crippen molar-refractivity contribution in [2.45, 2.75) is 39.2 Å². The Morgan fingerprint density at radius 1 is 1.00 bits per heavy atom. The zero-order valence-electron chi connectivity index (χ0n) is 20.4. The van der Waals surface area contributed by atoms with E-state index in [-0.39, 0.29) is 17.5 Å². The summed E-state index contributed by atoms with van der Waals surface area (Å²) in [5, 5.41) is 0. The van der Waals surface area contributed by atoms with Crippen LogP contribution in [0, 0.1) is 11.6 Å². The van der Waals surface area contributed by atoms with Crippen LogP contribution in [-0.4, -0.2) is 39.3 Å². The highest BCUT2D eigenvalue weighted by atomic mass is 19.1. The standard InChI is InChI=1S/C28H27F2N5O/c1-4-18-8-15-24-27(32-26(18)34-17-16-31-25(34)19-6-9-20(29)10-7-19)35(22-13-11-21(30)12-14-22)23(5-2)28(36)33(24)3/h6-7,9-17,23H,4-5,8H2,1-3H3. The van der Waals surface area contributed by atoms with Crippen LogP contribution in [0.25, 0.3) is 17.2 Å². The minimum atomic E-state index is -0.486. The summed E-state index contributed by atoms with van der Waals surface area (Å²) < 4.78 is 29.3. The second kappa shape index (κ2) is 9.53. The maximum absolute atomic E-state index is 13.8. The van der Waals surface area contributed by atoms with Crippen molar-refractivity contribution in [2.75, 3.05) is 11.9 Å². The van der Waals surface area contributed by atoms with E-state index >= 15 is 0 Å². The van der Waals surface area contributed by atoms with Gasteiger partial charge in [-0.3, -0.25) is 9.36 Å². The molecular weight excluding hydrogens is 460 g/mol. The smallest absolute Gasteiger partial charge is 0.249 e. The molecule has 2 aromatic carbocycles. The van der Waals surface area contributed by atoms with Crippen LogP contribution in [0.15, 0.2) is 83.3 Å². The summed E-state index contributed by atoms with van der Waals surface area (Å²) in [4.78, 5) is 26.6. The molecule has 0 saturated carbocycles. The molecule has 36 heavy (non-hydrogen) atoms. The number of nitrogens with zero attached hydrogens (tertiary/aromatic N) is 5. The summed E-state index contributed by atoms with van der Waals surface area (Å²) in [6, 6.07) is 11.8. The number of anilines is 1. The van der Waals surface area contributed by atoms with E-state index in [1.807, 2.05) is 28.7 Å². The monoisotopic (exact) mass is 487 g/mol. The van der Waals surface area contributed by atoms with Crippen molar-refractivity contribution in [1.29, 1.82) is 0 Å². The van der Waals surface area contributed by atoms with Crippen LogP contribution < -0.4 is 4.90 Å².